The van der Waals surface area contributed by atoms with E-state index in [2.05, 4.69) is 10.6 Å². The summed E-state index contributed by atoms with van der Waals surface area (Å²) in [5.41, 5.74) is 0.168. The Morgan fingerprint density at radius 3 is 1.97 bits per heavy atom. The zero-order chi connectivity index (χ0) is 24.0. The molecular formula is C28H38N2O4. The van der Waals surface area contributed by atoms with Crippen molar-refractivity contribution in [1.29, 1.82) is 0 Å². The summed E-state index contributed by atoms with van der Waals surface area (Å²) in [7, 11) is 0. The van der Waals surface area contributed by atoms with Crippen molar-refractivity contribution in [3.63, 3.8) is 0 Å². The quantitative estimate of drug-likeness (QED) is 0.533. The molecule has 34 heavy (non-hydrogen) atoms. The molecule has 2 aliphatic rings. The van der Waals surface area contributed by atoms with Gasteiger partial charge in [0.15, 0.2) is 6.29 Å². The van der Waals surface area contributed by atoms with Gasteiger partial charge in [-0.1, -0.05) is 74.5 Å². The predicted octanol–water partition coefficient (Wildman–Crippen LogP) is 4.57. The number of hydrogen-bond acceptors (Lipinski definition) is 4. The summed E-state index contributed by atoms with van der Waals surface area (Å²) in [6.45, 7) is 5.44. The Balaban J connectivity index is 1.42. The minimum atomic E-state index is -1.35. The fourth-order valence-electron chi connectivity index (χ4n) is 5.39. The number of amides is 2. The number of urea groups is 1. The van der Waals surface area contributed by atoms with Crippen molar-refractivity contribution >= 4 is 6.03 Å². The lowest BCUT2D eigenvalue weighted by molar-refractivity contribution is -0.0601. The molecule has 1 saturated heterocycles. The Morgan fingerprint density at radius 2 is 1.47 bits per heavy atom. The molecule has 2 fully saturated rings. The first kappa shape index (κ1) is 24.7. The molecule has 2 aromatic rings. The van der Waals surface area contributed by atoms with Crippen molar-refractivity contribution in [3.8, 4) is 0 Å². The van der Waals surface area contributed by atoms with Gasteiger partial charge in [-0.3, -0.25) is 0 Å². The summed E-state index contributed by atoms with van der Waals surface area (Å²) in [4.78, 5) is 13.1. The maximum absolute atomic E-state index is 13.1. The molecule has 1 aliphatic heterocycles. The van der Waals surface area contributed by atoms with Crippen LogP contribution in [0.4, 0.5) is 4.79 Å². The number of nitrogens with one attached hydrogen (secondary N) is 2. The van der Waals surface area contributed by atoms with Gasteiger partial charge in [0, 0.05) is 12.5 Å². The molecule has 0 bridgehead atoms. The minimum absolute atomic E-state index is 0.00156. The highest BCUT2D eigenvalue weighted by atomic mass is 16.7. The molecule has 0 aromatic heterocycles. The Bertz CT molecular complexity index is 852. The van der Waals surface area contributed by atoms with Crippen molar-refractivity contribution in [2.75, 3.05) is 13.2 Å². The molecule has 1 saturated carbocycles. The van der Waals surface area contributed by atoms with E-state index in [0.717, 1.165) is 43.2 Å². The third-order valence-electron chi connectivity index (χ3n) is 7.23. The molecule has 184 valence electrons. The normalized spacial score (nSPS) is 22.5. The summed E-state index contributed by atoms with van der Waals surface area (Å²) in [5.74, 6) is 0.576. The van der Waals surface area contributed by atoms with Crippen LogP contribution < -0.4 is 10.6 Å². The Kier molecular flexibility index (Phi) is 8.24. The van der Waals surface area contributed by atoms with Gasteiger partial charge in [0.05, 0.1) is 19.3 Å². The highest BCUT2D eigenvalue weighted by Crippen LogP contribution is 2.36. The molecule has 0 radical (unpaired) electrons. The smallest absolute Gasteiger partial charge is 0.315 e. The van der Waals surface area contributed by atoms with Gasteiger partial charge in [0.1, 0.15) is 5.60 Å². The van der Waals surface area contributed by atoms with Crippen LogP contribution in [0.5, 0.6) is 0 Å². The molecule has 1 atom stereocenters. The Hall–Kier alpha value is -2.41. The van der Waals surface area contributed by atoms with Gasteiger partial charge >= 0.3 is 6.03 Å². The van der Waals surface area contributed by atoms with E-state index >= 15 is 0 Å². The number of hydrogen-bond donors (Lipinski definition) is 3. The monoisotopic (exact) mass is 466 g/mol. The fourth-order valence-corrected chi connectivity index (χ4v) is 5.39. The van der Waals surface area contributed by atoms with Crippen molar-refractivity contribution in [1.82, 2.24) is 10.6 Å². The molecule has 4 rings (SSSR count). The molecule has 2 aromatic carbocycles. The van der Waals surface area contributed by atoms with E-state index < -0.39 is 11.6 Å². The third-order valence-corrected chi connectivity index (χ3v) is 7.23. The Labute approximate surface area is 203 Å². The van der Waals surface area contributed by atoms with Gasteiger partial charge < -0.3 is 25.2 Å². The van der Waals surface area contributed by atoms with E-state index in [-0.39, 0.29) is 24.3 Å². The second-order valence-electron chi connectivity index (χ2n) is 9.96. The van der Waals surface area contributed by atoms with Crippen molar-refractivity contribution in [3.05, 3.63) is 71.8 Å². The van der Waals surface area contributed by atoms with Gasteiger partial charge in [0.2, 0.25) is 0 Å². The van der Waals surface area contributed by atoms with E-state index in [9.17, 15) is 9.90 Å². The minimum Gasteiger partial charge on any atom is -0.378 e. The Morgan fingerprint density at radius 1 is 0.941 bits per heavy atom. The van der Waals surface area contributed by atoms with Gasteiger partial charge in [-0.15, -0.1) is 0 Å². The predicted molar refractivity (Wildman–Crippen MR) is 132 cm³/mol. The molecule has 2 amide bonds. The van der Waals surface area contributed by atoms with Crippen molar-refractivity contribution in [2.45, 2.75) is 69.9 Å². The number of aliphatic hydroxyl groups is 1. The van der Waals surface area contributed by atoms with E-state index in [0.29, 0.717) is 19.1 Å². The second-order valence-corrected chi connectivity index (χ2v) is 9.96. The van der Waals surface area contributed by atoms with Gasteiger partial charge in [-0.2, -0.15) is 0 Å². The number of carbonyl (C=O) groups excluding carboxylic acids is 1. The van der Waals surface area contributed by atoms with E-state index in [1.165, 1.54) is 0 Å². The third kappa shape index (κ3) is 5.80. The summed E-state index contributed by atoms with van der Waals surface area (Å²) < 4.78 is 11.2. The van der Waals surface area contributed by atoms with E-state index in [1.54, 1.807) is 0 Å². The second kappa shape index (κ2) is 11.3. The molecule has 0 spiro atoms. The number of carbonyl (C=O) groups is 1. The van der Waals surface area contributed by atoms with Crippen LogP contribution in [0.15, 0.2) is 60.7 Å². The zero-order valence-corrected chi connectivity index (χ0v) is 20.3. The van der Waals surface area contributed by atoms with E-state index in [1.807, 2.05) is 74.5 Å². The first-order chi connectivity index (χ1) is 16.5. The lowest BCUT2D eigenvalue weighted by Crippen LogP contribution is -2.57. The highest BCUT2D eigenvalue weighted by Gasteiger charge is 2.43. The highest BCUT2D eigenvalue weighted by molar-refractivity contribution is 5.75. The van der Waals surface area contributed by atoms with Crippen LogP contribution in [0.3, 0.4) is 0 Å². The van der Waals surface area contributed by atoms with Crippen LogP contribution >= 0.6 is 0 Å². The van der Waals surface area contributed by atoms with Crippen LogP contribution in [-0.4, -0.2) is 42.7 Å². The fraction of sp³-hybridized carbons (Fsp3) is 0.536. The largest absolute Gasteiger partial charge is 0.378 e. The standard InChI is InChI=1S/C28H38N2O4/c1-20(2)26(28(32,22-9-5-3-6-10-22)23-11-7-4-8-12-23)30-27(31)29-24-15-13-21(14-16-24)19-25-33-17-18-34-25/h3-12,20-21,24-26,32H,13-19H2,1-2H3,(H2,29,30,31)/t21?,24?,26-/m0/s1. The first-order valence-electron chi connectivity index (χ1n) is 12.6. The topological polar surface area (TPSA) is 79.8 Å². The molecular weight excluding hydrogens is 428 g/mol. The molecule has 6 nitrogen and oxygen atoms in total. The average Bonchev–Trinajstić information content (AvgIpc) is 3.37. The van der Waals surface area contributed by atoms with Crippen molar-refractivity contribution < 1.29 is 19.4 Å². The summed E-state index contributed by atoms with van der Waals surface area (Å²) in [6, 6.07) is 18.6. The van der Waals surface area contributed by atoms with Crippen LogP contribution in [0.1, 0.15) is 57.1 Å². The zero-order valence-electron chi connectivity index (χ0n) is 20.3. The van der Waals surface area contributed by atoms with Crippen LogP contribution in [-0.2, 0) is 15.1 Å². The SMILES string of the molecule is CC(C)[C@H](NC(=O)NC1CCC(CC2OCCO2)CC1)C(O)(c1ccccc1)c1ccccc1. The lowest BCUT2D eigenvalue weighted by atomic mass is 9.76. The average molecular weight is 467 g/mol. The lowest BCUT2D eigenvalue weighted by Gasteiger charge is -2.40. The molecule has 3 N–H and O–H groups in total. The summed E-state index contributed by atoms with van der Waals surface area (Å²) in [5, 5.41) is 18.4. The van der Waals surface area contributed by atoms with Crippen LogP contribution in [0.2, 0.25) is 0 Å². The van der Waals surface area contributed by atoms with Gasteiger partial charge in [0.25, 0.3) is 0 Å². The molecule has 1 heterocycles. The molecule has 6 heteroatoms. The maximum Gasteiger partial charge on any atom is 0.315 e. The number of ether oxygens (including phenoxy) is 2. The maximum atomic E-state index is 13.1. The van der Waals surface area contributed by atoms with Crippen molar-refractivity contribution in [2.24, 2.45) is 11.8 Å². The van der Waals surface area contributed by atoms with Gasteiger partial charge in [-0.25, -0.2) is 4.79 Å². The summed E-state index contributed by atoms with van der Waals surface area (Å²) >= 11 is 0. The number of rotatable bonds is 8. The molecule has 1 aliphatic carbocycles. The van der Waals surface area contributed by atoms with Crippen LogP contribution in [0.25, 0.3) is 0 Å². The van der Waals surface area contributed by atoms with E-state index in [4.69, 9.17) is 9.47 Å². The van der Waals surface area contributed by atoms with Crippen LogP contribution in [0, 0.1) is 11.8 Å². The number of benzene rings is 2. The van der Waals surface area contributed by atoms with Gasteiger partial charge in [-0.05, 0) is 48.6 Å². The first-order valence-corrected chi connectivity index (χ1v) is 12.6. The molecule has 0 unspecified atom stereocenters. The summed E-state index contributed by atoms with van der Waals surface area (Å²) in [6.07, 6.45) is 4.88.